The Hall–Kier alpha value is -0.158. The minimum atomic E-state index is -1.83. The predicted octanol–water partition coefficient (Wildman–Crippen LogP) is 8.56. The predicted molar refractivity (Wildman–Crippen MR) is 120 cm³/mol. The fourth-order valence-corrected chi connectivity index (χ4v) is 14.4. The van der Waals surface area contributed by atoms with Crippen LogP contribution in [0.1, 0.15) is 67.2 Å². The molecule has 0 fully saturated rings. The van der Waals surface area contributed by atoms with Crippen LogP contribution in [-0.4, -0.2) is 13.1 Å². The van der Waals surface area contributed by atoms with Gasteiger partial charge in [0.05, 0.1) is 0 Å². The van der Waals surface area contributed by atoms with Crippen molar-refractivity contribution in [2.45, 2.75) is 88.0 Å². The van der Waals surface area contributed by atoms with Crippen LogP contribution in [0, 0.1) is 11.8 Å². The molecule has 0 unspecified atom stereocenters. The van der Waals surface area contributed by atoms with E-state index in [-0.39, 0.29) is 0 Å². The monoisotopic (exact) mass is 375 g/mol. The first kappa shape index (κ1) is 22.9. The van der Waals surface area contributed by atoms with E-state index in [4.69, 9.17) is 0 Å². The third-order valence-corrected chi connectivity index (χ3v) is 14.6. The van der Waals surface area contributed by atoms with Crippen LogP contribution >= 0.6 is 11.8 Å². The van der Waals surface area contributed by atoms with Gasteiger partial charge in [-0.2, -0.15) is 19.6 Å². The zero-order chi connectivity index (χ0) is 18.7. The number of allylic oxidation sites excluding steroid dienone is 1. The highest BCUT2D eigenvalue weighted by atomic mass is 32.2. The van der Waals surface area contributed by atoms with Gasteiger partial charge in [0.1, 0.15) is 0 Å². The summed E-state index contributed by atoms with van der Waals surface area (Å²) in [5.74, 6) is 1.61. The van der Waals surface area contributed by atoms with Crippen molar-refractivity contribution >= 4 is 24.8 Å². The third kappa shape index (κ3) is 8.38. The maximum atomic E-state index is 2.64. The fourth-order valence-electron chi connectivity index (χ4n) is 4.43. The lowest BCUT2D eigenvalue weighted by molar-refractivity contribution is 0.671. The molecule has 0 radical (unpaired) electrons. The second kappa shape index (κ2) is 12.3. The number of hydrogen-bond acceptors (Lipinski definition) is 1. The van der Waals surface area contributed by atoms with Gasteiger partial charge >= 0.3 is 0 Å². The van der Waals surface area contributed by atoms with Crippen LogP contribution in [0.4, 0.5) is 0 Å². The lowest BCUT2D eigenvalue weighted by Crippen LogP contribution is -2.39. The number of benzene rings is 1. The van der Waals surface area contributed by atoms with E-state index in [1.807, 2.05) is 0 Å². The number of rotatable bonds is 12. The van der Waals surface area contributed by atoms with Gasteiger partial charge in [0.15, 0.2) is 13.1 Å². The van der Waals surface area contributed by atoms with Crippen LogP contribution in [-0.2, 0) is 0 Å². The Kier molecular flexibility index (Phi) is 11.2. The van der Waals surface area contributed by atoms with Crippen LogP contribution < -0.4 is 0 Å². The van der Waals surface area contributed by atoms with Crippen molar-refractivity contribution < 1.29 is 0 Å². The highest BCUT2D eigenvalue weighted by molar-refractivity contribution is 8.05. The smallest absolute Gasteiger partial charge is 0.177 e. The van der Waals surface area contributed by atoms with E-state index in [0.29, 0.717) is 0 Å². The second-order valence-electron chi connectivity index (χ2n) is 8.69. The summed E-state index contributed by atoms with van der Waals surface area (Å²) in [5.41, 5.74) is 0. The van der Waals surface area contributed by atoms with Gasteiger partial charge in [-0.15, -0.1) is 17.8 Å². The summed E-state index contributed by atoms with van der Waals surface area (Å²) < 4.78 is 1.80. The molecule has 0 aliphatic heterocycles. The molecule has 0 spiro atoms. The molecule has 0 N–H and O–H groups in total. The molecular weight excluding hydrogens is 335 g/mol. The summed E-state index contributed by atoms with van der Waals surface area (Å²) in [4.78, 5) is 1.43. The van der Waals surface area contributed by atoms with E-state index in [2.05, 4.69) is 89.7 Å². The van der Waals surface area contributed by atoms with Crippen molar-refractivity contribution in [2.75, 3.05) is 0 Å². The van der Waals surface area contributed by atoms with Crippen LogP contribution in [0.25, 0.3) is 0 Å². The largest absolute Gasteiger partial charge is 0.199 e. The second-order valence-corrected chi connectivity index (χ2v) is 15.4. The number of hydrogen-bond donors (Lipinski definition) is 0. The zero-order valence-corrected chi connectivity index (χ0v) is 19.5. The maximum Gasteiger partial charge on any atom is 0.177 e. The minimum Gasteiger partial charge on any atom is -0.199 e. The Morgan fingerprint density at radius 2 is 1.56 bits per heavy atom. The first-order valence-electron chi connectivity index (χ1n) is 10.6. The van der Waals surface area contributed by atoms with E-state index in [1.165, 1.54) is 46.4 Å². The molecule has 2 heteroatoms. The molecule has 25 heavy (non-hydrogen) atoms. The molecule has 0 amide bonds. The van der Waals surface area contributed by atoms with E-state index in [0.717, 1.165) is 11.8 Å². The summed E-state index contributed by atoms with van der Waals surface area (Å²) in [6.45, 7) is 14.4. The Morgan fingerprint density at radius 3 is 2.04 bits per heavy atom. The highest BCUT2D eigenvalue weighted by Gasteiger charge is 2.34. The normalized spacial score (nSPS) is 13.0. The standard InChI is InChI=1S/C11H13S.3C4H9.Al/c1-2-3-7-10-12-11-8-5-4-6-9-11;2*1-4(2)3;1-3-4-2;/h4-9H,2-3H2,1H3;2*4H,1H2,2-3H3;1,3-4H2,2H3;/q;;;;-1. The SMILES string of the molecule is CCC/C=[C](/Sc1ccccc1)[Al-]([CH2]CCC)([CH2]C(C)C)[CH2]C(C)C. The zero-order valence-electron chi connectivity index (χ0n) is 17.6. The van der Waals surface area contributed by atoms with Gasteiger partial charge in [0, 0.05) is 4.90 Å². The molecule has 142 valence electrons. The molecule has 0 saturated carbocycles. The molecule has 1 rings (SSSR count). The Morgan fingerprint density at radius 1 is 0.960 bits per heavy atom. The topological polar surface area (TPSA) is 0 Å². The molecular formula is C23H40AlS-. The molecule has 0 aromatic heterocycles. The number of thioether (sulfide) groups is 1. The average Bonchev–Trinajstić information content (AvgIpc) is 2.56. The van der Waals surface area contributed by atoms with E-state index in [1.54, 1.807) is 3.77 Å². The summed E-state index contributed by atoms with van der Waals surface area (Å²) in [5, 5.41) is 4.44. The molecule has 1 aromatic rings. The Bertz CT molecular complexity index is 480. The van der Waals surface area contributed by atoms with E-state index < -0.39 is 13.1 Å². The van der Waals surface area contributed by atoms with Crippen molar-refractivity contribution in [2.24, 2.45) is 11.8 Å². The first-order valence-corrected chi connectivity index (χ1v) is 14.4. The molecule has 0 bridgehead atoms. The van der Waals surface area contributed by atoms with Gasteiger partial charge in [-0.3, -0.25) is 0 Å². The summed E-state index contributed by atoms with van der Waals surface area (Å²) >= 11 is 0.275. The highest BCUT2D eigenvalue weighted by Crippen LogP contribution is 2.44. The van der Waals surface area contributed by atoms with Gasteiger partial charge in [-0.25, -0.2) is 0 Å². The van der Waals surface area contributed by atoms with Crippen molar-refractivity contribution in [3.8, 4) is 0 Å². The van der Waals surface area contributed by atoms with Gasteiger partial charge in [-0.1, -0.05) is 90.8 Å². The molecule has 0 heterocycles. The van der Waals surface area contributed by atoms with Gasteiger partial charge < -0.3 is 0 Å². The van der Waals surface area contributed by atoms with Gasteiger partial charge in [0.25, 0.3) is 0 Å². The Balaban J connectivity index is 3.27. The lowest BCUT2D eigenvalue weighted by Gasteiger charge is -2.42. The van der Waals surface area contributed by atoms with E-state index >= 15 is 0 Å². The van der Waals surface area contributed by atoms with Crippen LogP contribution in [0.5, 0.6) is 0 Å². The van der Waals surface area contributed by atoms with Crippen LogP contribution in [0.3, 0.4) is 0 Å². The summed E-state index contributed by atoms with van der Waals surface area (Å²) in [6, 6.07) is 11.1. The number of unbranched alkanes of at least 4 members (excludes halogenated alkanes) is 2. The molecule has 1 aromatic carbocycles. The molecule has 0 aliphatic rings. The summed E-state index contributed by atoms with van der Waals surface area (Å²) in [6.07, 6.45) is 7.87. The van der Waals surface area contributed by atoms with Crippen molar-refractivity contribution in [1.29, 1.82) is 0 Å². The lowest BCUT2D eigenvalue weighted by atomic mass is 10.3. The van der Waals surface area contributed by atoms with Gasteiger partial charge in [-0.05, 0) is 18.6 Å². The van der Waals surface area contributed by atoms with E-state index in [9.17, 15) is 0 Å². The van der Waals surface area contributed by atoms with Crippen LogP contribution in [0.2, 0.25) is 15.8 Å². The fraction of sp³-hybridized carbons (Fsp3) is 0.652. The van der Waals surface area contributed by atoms with Crippen LogP contribution in [0.15, 0.2) is 45.1 Å². The molecule has 0 saturated heterocycles. The minimum absolute atomic E-state index is 0.807. The quantitative estimate of drug-likeness (QED) is 0.260. The first-order chi connectivity index (χ1) is 11.9. The van der Waals surface area contributed by atoms with Crippen molar-refractivity contribution in [3.05, 3.63) is 40.2 Å². The molecule has 0 atom stereocenters. The molecule has 0 aliphatic carbocycles. The van der Waals surface area contributed by atoms with Gasteiger partial charge in [0.2, 0.25) is 0 Å². The third-order valence-electron chi connectivity index (χ3n) is 5.17. The van der Waals surface area contributed by atoms with Crippen molar-refractivity contribution in [3.63, 3.8) is 0 Å². The van der Waals surface area contributed by atoms with Crippen molar-refractivity contribution in [1.82, 2.24) is 0 Å². The Labute approximate surface area is 164 Å². The summed E-state index contributed by atoms with van der Waals surface area (Å²) in [7, 11) is 0. The average molecular weight is 376 g/mol. The maximum absolute atomic E-state index is 2.64. The molecule has 0 nitrogen and oxygen atoms in total.